The van der Waals surface area contributed by atoms with Gasteiger partial charge in [-0.2, -0.15) is 0 Å². The molecule has 0 aliphatic rings. The first-order chi connectivity index (χ1) is 5.70. The Morgan fingerprint density at radius 2 is 2.25 bits per heavy atom. The van der Waals surface area contributed by atoms with Crippen LogP contribution >= 0.6 is 33.9 Å². The van der Waals surface area contributed by atoms with Crippen LogP contribution in [0, 0.1) is 10.5 Å². The molecule has 1 nitrogen and oxygen atoms in total. The Bertz CT molecular complexity index is 433. The van der Waals surface area contributed by atoms with Gasteiger partial charge in [0.25, 0.3) is 0 Å². The van der Waals surface area contributed by atoms with Crippen molar-refractivity contribution in [1.82, 2.24) is 0 Å². The second kappa shape index (κ2) is 2.88. The molecule has 0 aliphatic heterocycles. The maximum atomic E-state index is 9.51. The number of phenols is 1. The van der Waals surface area contributed by atoms with Gasteiger partial charge >= 0.3 is 0 Å². The molecule has 0 saturated carbocycles. The third kappa shape index (κ3) is 1.11. The predicted molar refractivity (Wildman–Crippen MR) is 60.9 cm³/mol. The molecule has 0 amide bonds. The molecule has 1 heterocycles. The summed E-state index contributed by atoms with van der Waals surface area (Å²) >= 11 is 3.89. The summed E-state index contributed by atoms with van der Waals surface area (Å²) in [5.41, 5.74) is 1.18. The Labute approximate surface area is 88.2 Å². The van der Waals surface area contributed by atoms with Crippen molar-refractivity contribution in [2.45, 2.75) is 6.92 Å². The van der Waals surface area contributed by atoms with Gasteiger partial charge in [0, 0.05) is 4.70 Å². The molecule has 0 unspecified atom stereocenters. The quantitative estimate of drug-likeness (QED) is 0.736. The molecular weight excluding hydrogens is 283 g/mol. The average molecular weight is 290 g/mol. The number of thiophene rings is 1. The van der Waals surface area contributed by atoms with Crippen LogP contribution in [-0.4, -0.2) is 5.11 Å². The lowest BCUT2D eigenvalue weighted by Crippen LogP contribution is -1.80. The van der Waals surface area contributed by atoms with Crippen molar-refractivity contribution >= 4 is 44.0 Å². The van der Waals surface area contributed by atoms with Crippen LogP contribution in [-0.2, 0) is 0 Å². The summed E-state index contributed by atoms with van der Waals surface area (Å²) < 4.78 is 2.24. The molecule has 0 fully saturated rings. The van der Waals surface area contributed by atoms with Gasteiger partial charge in [-0.15, -0.1) is 11.3 Å². The smallest absolute Gasteiger partial charge is 0.129 e. The highest BCUT2D eigenvalue weighted by Gasteiger charge is 2.07. The maximum absolute atomic E-state index is 9.51. The Hall–Kier alpha value is -0.290. The summed E-state index contributed by atoms with van der Waals surface area (Å²) in [6.45, 7) is 2.04. The van der Waals surface area contributed by atoms with Crippen LogP contribution in [0.3, 0.4) is 0 Å². The van der Waals surface area contributed by atoms with E-state index in [-0.39, 0.29) is 0 Å². The molecule has 1 aromatic carbocycles. The Morgan fingerprint density at radius 1 is 1.50 bits per heavy atom. The average Bonchev–Trinajstić information content (AvgIpc) is 2.48. The van der Waals surface area contributed by atoms with Crippen LogP contribution in [0.5, 0.6) is 5.75 Å². The highest BCUT2D eigenvalue weighted by Crippen LogP contribution is 2.33. The molecule has 0 spiro atoms. The van der Waals surface area contributed by atoms with Gasteiger partial charge in [-0.05, 0) is 58.0 Å². The van der Waals surface area contributed by atoms with E-state index in [1.54, 1.807) is 11.3 Å². The lowest BCUT2D eigenvalue weighted by Gasteiger charge is -2.02. The zero-order valence-corrected chi connectivity index (χ0v) is 9.44. The normalized spacial score (nSPS) is 10.8. The number of aromatic hydroxyl groups is 1. The van der Waals surface area contributed by atoms with Gasteiger partial charge < -0.3 is 5.11 Å². The van der Waals surface area contributed by atoms with Gasteiger partial charge in [-0.25, -0.2) is 0 Å². The zero-order chi connectivity index (χ0) is 8.72. The molecule has 0 saturated heterocycles. The Morgan fingerprint density at radius 3 is 3.00 bits per heavy atom. The van der Waals surface area contributed by atoms with Crippen LogP contribution < -0.4 is 0 Å². The van der Waals surface area contributed by atoms with Gasteiger partial charge in [-0.3, -0.25) is 0 Å². The second-order valence-corrected chi connectivity index (χ2v) is 4.67. The minimum absolute atomic E-state index is 0.388. The third-order valence-corrected chi connectivity index (χ3v) is 4.29. The number of fused-ring (bicyclic) bond motifs is 1. The monoisotopic (exact) mass is 290 g/mol. The minimum atomic E-state index is 0.388. The SMILES string of the molecule is Cc1c(I)c(O)cc2ccsc12. The van der Waals surface area contributed by atoms with Gasteiger partial charge in [0.15, 0.2) is 0 Å². The number of hydrogen-bond acceptors (Lipinski definition) is 2. The van der Waals surface area contributed by atoms with Crippen LogP contribution in [0.4, 0.5) is 0 Å². The standard InChI is InChI=1S/C9H7IOS/c1-5-8(10)7(11)4-6-2-3-12-9(5)6/h2-4,11H,1H3. The molecule has 2 aromatic rings. The largest absolute Gasteiger partial charge is 0.507 e. The van der Waals surface area contributed by atoms with Crippen molar-refractivity contribution in [2.75, 3.05) is 0 Å². The van der Waals surface area contributed by atoms with Gasteiger partial charge in [0.05, 0.1) is 3.57 Å². The first-order valence-electron chi connectivity index (χ1n) is 3.55. The lowest BCUT2D eigenvalue weighted by atomic mass is 10.2. The predicted octanol–water partition coefficient (Wildman–Crippen LogP) is 3.52. The fraction of sp³-hybridized carbons (Fsp3) is 0.111. The summed E-state index contributed by atoms with van der Waals surface area (Å²) in [6.07, 6.45) is 0. The van der Waals surface area contributed by atoms with Crippen LogP contribution in [0.2, 0.25) is 0 Å². The molecule has 1 aromatic heterocycles. The van der Waals surface area contributed by atoms with Crippen molar-refractivity contribution in [3.63, 3.8) is 0 Å². The second-order valence-electron chi connectivity index (χ2n) is 2.67. The molecule has 0 atom stereocenters. The van der Waals surface area contributed by atoms with Gasteiger partial charge in [0.2, 0.25) is 0 Å². The van der Waals surface area contributed by atoms with E-state index in [2.05, 4.69) is 22.6 Å². The molecule has 0 radical (unpaired) electrons. The molecule has 2 rings (SSSR count). The van der Waals surface area contributed by atoms with Crippen LogP contribution in [0.15, 0.2) is 17.5 Å². The number of halogens is 1. The van der Waals surface area contributed by atoms with E-state index in [0.29, 0.717) is 5.75 Å². The summed E-state index contributed by atoms with van der Waals surface area (Å²) in [5, 5.41) is 12.7. The zero-order valence-electron chi connectivity index (χ0n) is 6.47. The number of rotatable bonds is 0. The number of phenolic OH excluding ortho intramolecular Hbond substituents is 1. The summed E-state index contributed by atoms with van der Waals surface area (Å²) in [5.74, 6) is 0.388. The molecule has 3 heteroatoms. The molecule has 62 valence electrons. The highest BCUT2D eigenvalue weighted by atomic mass is 127. The van der Waals surface area contributed by atoms with E-state index < -0.39 is 0 Å². The van der Waals surface area contributed by atoms with Crippen molar-refractivity contribution in [3.05, 3.63) is 26.6 Å². The Balaban J connectivity index is 2.94. The molecular formula is C9H7IOS. The fourth-order valence-electron chi connectivity index (χ4n) is 1.24. The van der Waals surface area contributed by atoms with E-state index in [4.69, 9.17) is 0 Å². The van der Waals surface area contributed by atoms with Gasteiger partial charge in [0.1, 0.15) is 5.75 Å². The highest BCUT2D eigenvalue weighted by molar-refractivity contribution is 14.1. The van der Waals surface area contributed by atoms with Crippen molar-refractivity contribution < 1.29 is 5.11 Å². The Kier molecular flexibility index (Phi) is 2.00. The molecule has 0 bridgehead atoms. The minimum Gasteiger partial charge on any atom is -0.507 e. The third-order valence-electron chi connectivity index (χ3n) is 1.88. The van der Waals surface area contributed by atoms with E-state index in [9.17, 15) is 5.11 Å². The summed E-state index contributed by atoms with van der Waals surface area (Å²) in [4.78, 5) is 0. The fourth-order valence-corrected chi connectivity index (χ4v) is 2.74. The van der Waals surface area contributed by atoms with Crippen LogP contribution in [0.1, 0.15) is 5.56 Å². The van der Waals surface area contributed by atoms with Crippen LogP contribution in [0.25, 0.3) is 10.1 Å². The summed E-state index contributed by atoms with van der Waals surface area (Å²) in [7, 11) is 0. The van der Waals surface area contributed by atoms with E-state index in [1.807, 2.05) is 24.4 Å². The summed E-state index contributed by atoms with van der Waals surface area (Å²) in [6, 6.07) is 3.85. The van der Waals surface area contributed by atoms with Crippen molar-refractivity contribution in [2.24, 2.45) is 0 Å². The lowest BCUT2D eigenvalue weighted by molar-refractivity contribution is 0.472. The first-order valence-corrected chi connectivity index (χ1v) is 5.51. The molecule has 0 aliphatic carbocycles. The molecule has 12 heavy (non-hydrogen) atoms. The molecule has 1 N–H and O–H groups in total. The van der Waals surface area contributed by atoms with E-state index in [1.165, 1.54) is 10.3 Å². The number of aryl methyl sites for hydroxylation is 1. The topological polar surface area (TPSA) is 20.2 Å². The van der Waals surface area contributed by atoms with E-state index >= 15 is 0 Å². The number of hydrogen-bond donors (Lipinski definition) is 1. The number of benzene rings is 1. The first kappa shape index (κ1) is 8.31. The maximum Gasteiger partial charge on any atom is 0.129 e. The van der Waals surface area contributed by atoms with Crippen molar-refractivity contribution in [1.29, 1.82) is 0 Å². The van der Waals surface area contributed by atoms with E-state index in [0.717, 1.165) is 8.96 Å². The van der Waals surface area contributed by atoms with Gasteiger partial charge in [-0.1, -0.05) is 0 Å². The van der Waals surface area contributed by atoms with Crippen molar-refractivity contribution in [3.8, 4) is 5.75 Å².